The van der Waals surface area contributed by atoms with Gasteiger partial charge in [-0.15, -0.1) is 0 Å². The van der Waals surface area contributed by atoms with E-state index in [2.05, 4.69) is 0 Å². The topological polar surface area (TPSA) is 77.5 Å². The highest BCUT2D eigenvalue weighted by atomic mass is 16.5. The van der Waals surface area contributed by atoms with Crippen molar-refractivity contribution in [3.05, 3.63) is 42.0 Å². The minimum atomic E-state index is 0.360. The predicted molar refractivity (Wildman–Crippen MR) is 75.2 cm³/mol. The molecular weight excluding hydrogens is 256 g/mol. The Morgan fingerprint density at radius 3 is 2.20 bits per heavy atom. The van der Waals surface area contributed by atoms with Gasteiger partial charge < -0.3 is 19.9 Å². The molecule has 0 amide bonds. The molecule has 0 saturated heterocycles. The lowest BCUT2D eigenvalue weighted by molar-refractivity contribution is 0.346. The molecule has 2 aromatic carbocycles. The van der Waals surface area contributed by atoms with Gasteiger partial charge in [-0.25, -0.2) is 0 Å². The first-order valence-corrected chi connectivity index (χ1v) is 5.88. The zero-order chi connectivity index (χ0) is 14.5. The summed E-state index contributed by atoms with van der Waals surface area (Å²) in [5.74, 6) is 2.06. The normalized spacial score (nSPS) is 9.65. The van der Waals surface area contributed by atoms with Gasteiger partial charge in [-0.05, 0) is 24.3 Å². The van der Waals surface area contributed by atoms with Gasteiger partial charge in [0.15, 0.2) is 11.5 Å². The van der Waals surface area contributed by atoms with Crippen LogP contribution in [0.15, 0.2) is 36.4 Å². The minimum absolute atomic E-state index is 0.360. The van der Waals surface area contributed by atoms with Crippen LogP contribution in [0, 0.1) is 11.3 Å². The van der Waals surface area contributed by atoms with Gasteiger partial charge in [0.1, 0.15) is 11.8 Å². The molecule has 102 valence electrons. The molecule has 5 nitrogen and oxygen atoms in total. The van der Waals surface area contributed by atoms with Crippen LogP contribution in [-0.2, 0) is 0 Å². The summed E-state index contributed by atoms with van der Waals surface area (Å²) in [5, 5.41) is 8.85. The molecule has 0 fully saturated rings. The lowest BCUT2D eigenvalue weighted by atomic mass is 10.2. The molecule has 0 spiro atoms. The van der Waals surface area contributed by atoms with Gasteiger partial charge in [-0.3, -0.25) is 0 Å². The molecule has 0 aromatic heterocycles. The largest absolute Gasteiger partial charge is 0.493 e. The molecule has 0 radical (unpaired) electrons. The molecule has 0 aliphatic rings. The Kier molecular flexibility index (Phi) is 3.96. The average Bonchev–Trinajstić information content (AvgIpc) is 2.47. The molecule has 0 aliphatic carbocycles. The summed E-state index contributed by atoms with van der Waals surface area (Å²) in [4.78, 5) is 0. The van der Waals surface area contributed by atoms with Gasteiger partial charge in [0.25, 0.3) is 0 Å². The van der Waals surface area contributed by atoms with E-state index in [1.165, 1.54) is 0 Å². The van der Waals surface area contributed by atoms with E-state index in [1.807, 2.05) is 6.07 Å². The van der Waals surface area contributed by atoms with Crippen LogP contribution in [0.5, 0.6) is 23.0 Å². The molecule has 5 heteroatoms. The molecule has 2 aromatic rings. The van der Waals surface area contributed by atoms with Crippen molar-refractivity contribution in [2.75, 3.05) is 20.0 Å². The number of hydrogen-bond donors (Lipinski definition) is 1. The third-order valence-electron chi connectivity index (χ3n) is 2.75. The van der Waals surface area contributed by atoms with Gasteiger partial charge in [0.05, 0.1) is 25.5 Å². The van der Waals surface area contributed by atoms with Crippen LogP contribution in [-0.4, -0.2) is 14.2 Å². The molecular formula is C15H14N2O3. The second-order valence-electron chi connectivity index (χ2n) is 3.95. The van der Waals surface area contributed by atoms with Crippen LogP contribution in [0.25, 0.3) is 0 Å². The smallest absolute Gasteiger partial charge is 0.210 e. The summed E-state index contributed by atoms with van der Waals surface area (Å²) in [6, 6.07) is 12.2. The average molecular weight is 270 g/mol. The summed E-state index contributed by atoms with van der Waals surface area (Å²) < 4.78 is 16.3. The number of methoxy groups -OCH3 is 2. The van der Waals surface area contributed by atoms with E-state index in [-0.39, 0.29) is 0 Å². The van der Waals surface area contributed by atoms with Crippen LogP contribution < -0.4 is 19.9 Å². The highest BCUT2D eigenvalue weighted by Crippen LogP contribution is 2.40. The highest BCUT2D eigenvalue weighted by Gasteiger charge is 2.13. The third-order valence-corrected chi connectivity index (χ3v) is 2.75. The van der Waals surface area contributed by atoms with E-state index in [4.69, 9.17) is 25.2 Å². The highest BCUT2D eigenvalue weighted by molar-refractivity contribution is 5.59. The Morgan fingerprint density at radius 1 is 1.05 bits per heavy atom. The van der Waals surface area contributed by atoms with E-state index >= 15 is 0 Å². The van der Waals surface area contributed by atoms with E-state index in [9.17, 15) is 0 Å². The van der Waals surface area contributed by atoms with Crippen LogP contribution in [0.3, 0.4) is 0 Å². The molecule has 2 rings (SSSR count). The Balaban J connectivity index is 2.39. The van der Waals surface area contributed by atoms with Crippen molar-refractivity contribution < 1.29 is 14.2 Å². The number of hydrogen-bond acceptors (Lipinski definition) is 5. The van der Waals surface area contributed by atoms with Crippen LogP contribution in [0.1, 0.15) is 5.56 Å². The van der Waals surface area contributed by atoms with Crippen LogP contribution in [0.4, 0.5) is 5.69 Å². The van der Waals surface area contributed by atoms with Crippen molar-refractivity contribution >= 4 is 5.69 Å². The van der Waals surface area contributed by atoms with Gasteiger partial charge >= 0.3 is 0 Å². The monoisotopic (exact) mass is 270 g/mol. The number of para-hydroxylation sites is 1. The number of anilines is 1. The fraction of sp³-hybridized carbons (Fsp3) is 0.133. The second-order valence-corrected chi connectivity index (χ2v) is 3.95. The van der Waals surface area contributed by atoms with Gasteiger partial charge in [0.2, 0.25) is 5.75 Å². The molecule has 2 N–H and O–H groups in total. The zero-order valence-electron chi connectivity index (χ0n) is 11.2. The number of nitrogen functional groups attached to an aromatic ring is 1. The lowest BCUT2D eigenvalue weighted by Crippen LogP contribution is -1.96. The molecule has 20 heavy (non-hydrogen) atoms. The first-order valence-electron chi connectivity index (χ1n) is 5.88. The third kappa shape index (κ3) is 2.59. The number of nitrogens with zero attached hydrogens (tertiary/aromatic N) is 1. The number of rotatable bonds is 4. The van der Waals surface area contributed by atoms with Crippen molar-refractivity contribution in [2.45, 2.75) is 0 Å². The van der Waals surface area contributed by atoms with E-state index in [1.54, 1.807) is 50.6 Å². The second kappa shape index (κ2) is 5.85. The SMILES string of the molecule is COc1cccc(OC)c1Oc1ccc(C#N)c(N)c1. The summed E-state index contributed by atoms with van der Waals surface area (Å²) in [6.45, 7) is 0. The molecule has 0 atom stereocenters. The Hall–Kier alpha value is -2.87. The summed E-state index contributed by atoms with van der Waals surface area (Å²) in [5.41, 5.74) is 6.53. The fourth-order valence-corrected chi connectivity index (χ4v) is 1.74. The van der Waals surface area contributed by atoms with Crippen molar-refractivity contribution in [3.63, 3.8) is 0 Å². The molecule has 0 heterocycles. The van der Waals surface area contributed by atoms with Crippen molar-refractivity contribution in [2.24, 2.45) is 0 Å². The van der Waals surface area contributed by atoms with Crippen LogP contribution >= 0.6 is 0 Å². The molecule has 0 aliphatic heterocycles. The lowest BCUT2D eigenvalue weighted by Gasteiger charge is -2.14. The predicted octanol–water partition coefficient (Wildman–Crippen LogP) is 2.95. The fourth-order valence-electron chi connectivity index (χ4n) is 1.74. The van der Waals surface area contributed by atoms with E-state index in [0.717, 1.165) is 0 Å². The Morgan fingerprint density at radius 2 is 1.70 bits per heavy atom. The summed E-state index contributed by atoms with van der Waals surface area (Å²) in [6.07, 6.45) is 0. The van der Waals surface area contributed by atoms with E-state index in [0.29, 0.717) is 34.2 Å². The first-order chi connectivity index (χ1) is 9.69. The number of benzene rings is 2. The Labute approximate surface area is 117 Å². The van der Waals surface area contributed by atoms with Gasteiger partial charge in [-0.1, -0.05) is 6.07 Å². The van der Waals surface area contributed by atoms with E-state index < -0.39 is 0 Å². The number of nitriles is 1. The quantitative estimate of drug-likeness (QED) is 0.864. The van der Waals surface area contributed by atoms with Gasteiger partial charge in [0, 0.05) is 6.07 Å². The molecule has 0 unspecified atom stereocenters. The van der Waals surface area contributed by atoms with Gasteiger partial charge in [-0.2, -0.15) is 5.26 Å². The number of ether oxygens (including phenoxy) is 3. The van der Waals surface area contributed by atoms with Crippen molar-refractivity contribution in [3.8, 4) is 29.1 Å². The Bertz CT molecular complexity index is 640. The van der Waals surface area contributed by atoms with Crippen molar-refractivity contribution in [1.82, 2.24) is 0 Å². The minimum Gasteiger partial charge on any atom is -0.493 e. The number of nitrogens with two attached hydrogens (primary N) is 1. The molecule has 0 saturated carbocycles. The summed E-state index contributed by atoms with van der Waals surface area (Å²) >= 11 is 0. The maximum atomic E-state index is 8.85. The maximum absolute atomic E-state index is 8.85. The maximum Gasteiger partial charge on any atom is 0.210 e. The standard InChI is InChI=1S/C15H14N2O3/c1-18-13-4-3-5-14(19-2)15(13)20-11-7-6-10(9-16)12(17)8-11/h3-8H,17H2,1-2H3. The first kappa shape index (κ1) is 13.6. The molecule has 0 bridgehead atoms. The van der Waals surface area contributed by atoms with Crippen LogP contribution in [0.2, 0.25) is 0 Å². The zero-order valence-corrected chi connectivity index (χ0v) is 11.2. The summed E-state index contributed by atoms with van der Waals surface area (Å²) in [7, 11) is 3.10. The van der Waals surface area contributed by atoms with Crippen molar-refractivity contribution in [1.29, 1.82) is 5.26 Å².